The Balaban J connectivity index is 2.11. The summed E-state index contributed by atoms with van der Waals surface area (Å²) in [4.78, 5) is 0. The van der Waals surface area contributed by atoms with E-state index in [1.54, 1.807) is 11.1 Å². The molecule has 0 saturated heterocycles. The van der Waals surface area contributed by atoms with Gasteiger partial charge in [-0.2, -0.15) is 0 Å². The van der Waals surface area contributed by atoms with Crippen molar-refractivity contribution in [2.24, 2.45) is 0 Å². The second-order valence-electron chi connectivity index (χ2n) is 4.52. The quantitative estimate of drug-likeness (QED) is 0.607. The Morgan fingerprint density at radius 2 is 1.92 bits per heavy atom. The zero-order chi connectivity index (χ0) is 8.84. The lowest BCUT2D eigenvalue weighted by molar-refractivity contribution is 0.716. The van der Waals surface area contributed by atoms with Gasteiger partial charge in [-0.1, -0.05) is 25.1 Å². The normalized spacial score (nSPS) is 29.3. The van der Waals surface area contributed by atoms with Crippen LogP contribution in [-0.2, 0) is 6.42 Å². The van der Waals surface area contributed by atoms with Crippen molar-refractivity contribution < 1.29 is 0 Å². The molecule has 1 fully saturated rings. The van der Waals surface area contributed by atoms with Gasteiger partial charge in [-0.25, -0.2) is 0 Å². The standard InChI is InChI=1S/C13H16/c1-2-9-3-6-12-10-4-5-11(8-10)13(12)7-9/h3,6-7,10-11H,2,4-5,8H2,1H3/t10-,11+/m1/s1. The third-order valence-electron chi connectivity index (χ3n) is 3.87. The van der Waals surface area contributed by atoms with Crippen LogP contribution >= 0.6 is 0 Å². The molecule has 0 spiro atoms. The third-order valence-corrected chi connectivity index (χ3v) is 3.87. The highest BCUT2D eigenvalue weighted by Gasteiger charge is 2.36. The van der Waals surface area contributed by atoms with Gasteiger partial charge in [-0.15, -0.1) is 0 Å². The average Bonchev–Trinajstić information content (AvgIpc) is 2.77. The van der Waals surface area contributed by atoms with Gasteiger partial charge in [0, 0.05) is 0 Å². The summed E-state index contributed by atoms with van der Waals surface area (Å²) in [7, 11) is 0. The van der Waals surface area contributed by atoms with Crippen molar-refractivity contribution >= 4 is 0 Å². The topological polar surface area (TPSA) is 0 Å². The van der Waals surface area contributed by atoms with E-state index in [0.29, 0.717) is 0 Å². The Hall–Kier alpha value is -0.780. The van der Waals surface area contributed by atoms with E-state index in [4.69, 9.17) is 0 Å². The maximum Gasteiger partial charge on any atom is -0.0153 e. The van der Waals surface area contributed by atoms with E-state index >= 15 is 0 Å². The molecular formula is C13H16. The molecule has 1 aromatic rings. The van der Waals surface area contributed by atoms with Crippen LogP contribution in [0.3, 0.4) is 0 Å². The fourth-order valence-corrected chi connectivity index (χ4v) is 3.12. The fraction of sp³-hybridized carbons (Fsp3) is 0.538. The molecule has 0 radical (unpaired) electrons. The molecule has 2 atom stereocenters. The van der Waals surface area contributed by atoms with Gasteiger partial charge in [0.25, 0.3) is 0 Å². The molecule has 0 unspecified atom stereocenters. The molecule has 0 heteroatoms. The number of benzene rings is 1. The minimum Gasteiger partial charge on any atom is -0.0613 e. The second-order valence-corrected chi connectivity index (χ2v) is 4.52. The van der Waals surface area contributed by atoms with Crippen molar-refractivity contribution in [2.75, 3.05) is 0 Å². The van der Waals surface area contributed by atoms with Crippen molar-refractivity contribution in [2.45, 2.75) is 44.4 Å². The van der Waals surface area contributed by atoms with Crippen LogP contribution in [0.15, 0.2) is 18.2 Å². The van der Waals surface area contributed by atoms with Crippen LogP contribution in [0.5, 0.6) is 0 Å². The summed E-state index contributed by atoms with van der Waals surface area (Å²) in [6.45, 7) is 2.24. The lowest BCUT2D eigenvalue weighted by Crippen LogP contribution is -1.98. The first-order valence-corrected chi connectivity index (χ1v) is 5.51. The van der Waals surface area contributed by atoms with Crippen molar-refractivity contribution in [1.29, 1.82) is 0 Å². The van der Waals surface area contributed by atoms with Gasteiger partial charge in [0.05, 0.1) is 0 Å². The smallest absolute Gasteiger partial charge is 0.0153 e. The SMILES string of the molecule is CCc1ccc2c(c1)[C@H]1CC[C@@H]2C1. The first kappa shape index (κ1) is 7.61. The van der Waals surface area contributed by atoms with Crippen molar-refractivity contribution in [3.8, 4) is 0 Å². The Morgan fingerprint density at radius 1 is 1.15 bits per heavy atom. The van der Waals surface area contributed by atoms with E-state index < -0.39 is 0 Å². The molecule has 1 aromatic carbocycles. The minimum atomic E-state index is 0.922. The minimum absolute atomic E-state index is 0.922. The molecule has 68 valence electrons. The average molecular weight is 172 g/mol. The molecule has 13 heavy (non-hydrogen) atoms. The van der Waals surface area contributed by atoms with Crippen LogP contribution in [-0.4, -0.2) is 0 Å². The molecule has 0 aromatic heterocycles. The monoisotopic (exact) mass is 172 g/mol. The maximum atomic E-state index is 2.46. The lowest BCUT2D eigenvalue weighted by atomic mass is 9.90. The van der Waals surface area contributed by atoms with Gasteiger partial charge in [0.2, 0.25) is 0 Å². The van der Waals surface area contributed by atoms with E-state index in [2.05, 4.69) is 25.1 Å². The van der Waals surface area contributed by atoms with E-state index in [1.165, 1.54) is 31.2 Å². The van der Waals surface area contributed by atoms with E-state index in [-0.39, 0.29) is 0 Å². The van der Waals surface area contributed by atoms with E-state index in [1.807, 2.05) is 0 Å². The Kier molecular flexibility index (Phi) is 1.52. The maximum absolute atomic E-state index is 2.46. The van der Waals surface area contributed by atoms with Crippen LogP contribution in [0.2, 0.25) is 0 Å². The van der Waals surface area contributed by atoms with E-state index in [0.717, 1.165) is 11.8 Å². The Bertz CT molecular complexity index is 338. The highest BCUT2D eigenvalue weighted by atomic mass is 14.4. The summed E-state index contributed by atoms with van der Waals surface area (Å²) in [6, 6.07) is 7.16. The van der Waals surface area contributed by atoms with Crippen LogP contribution < -0.4 is 0 Å². The van der Waals surface area contributed by atoms with Gasteiger partial charge in [-0.05, 0) is 54.2 Å². The molecule has 0 heterocycles. The zero-order valence-electron chi connectivity index (χ0n) is 8.22. The third kappa shape index (κ3) is 0.979. The number of hydrogen-bond acceptors (Lipinski definition) is 0. The second kappa shape index (κ2) is 2.60. The van der Waals surface area contributed by atoms with Crippen molar-refractivity contribution in [3.05, 3.63) is 34.9 Å². The molecule has 3 rings (SSSR count). The molecule has 0 nitrogen and oxygen atoms in total. The van der Waals surface area contributed by atoms with Gasteiger partial charge in [-0.3, -0.25) is 0 Å². The van der Waals surface area contributed by atoms with Crippen LogP contribution in [0.1, 0.15) is 54.7 Å². The van der Waals surface area contributed by atoms with Gasteiger partial charge >= 0.3 is 0 Å². The number of fused-ring (bicyclic) bond motifs is 5. The first-order chi connectivity index (χ1) is 6.38. The Labute approximate surface area is 80.0 Å². The predicted octanol–water partition coefficient (Wildman–Crippen LogP) is 3.61. The molecule has 0 aliphatic heterocycles. The number of aryl methyl sites for hydroxylation is 1. The molecule has 2 bridgehead atoms. The summed E-state index contributed by atoms with van der Waals surface area (Å²) in [5.41, 5.74) is 4.88. The highest BCUT2D eigenvalue weighted by Crippen LogP contribution is 2.52. The number of rotatable bonds is 1. The predicted molar refractivity (Wildman–Crippen MR) is 55.2 cm³/mol. The molecule has 0 amide bonds. The summed E-state index contributed by atoms with van der Waals surface area (Å²) >= 11 is 0. The summed E-state index contributed by atoms with van der Waals surface area (Å²) in [6.07, 6.45) is 5.53. The van der Waals surface area contributed by atoms with Crippen LogP contribution in [0, 0.1) is 0 Å². The summed E-state index contributed by atoms with van der Waals surface area (Å²) < 4.78 is 0. The largest absolute Gasteiger partial charge is 0.0613 e. The fourth-order valence-electron chi connectivity index (χ4n) is 3.12. The molecule has 2 aliphatic rings. The zero-order valence-corrected chi connectivity index (χ0v) is 8.22. The highest BCUT2D eigenvalue weighted by molar-refractivity contribution is 5.43. The molecule has 2 aliphatic carbocycles. The molecule has 0 N–H and O–H groups in total. The van der Waals surface area contributed by atoms with Crippen LogP contribution in [0.4, 0.5) is 0 Å². The lowest BCUT2D eigenvalue weighted by Gasteiger charge is -2.15. The van der Waals surface area contributed by atoms with E-state index in [9.17, 15) is 0 Å². The van der Waals surface area contributed by atoms with Gasteiger partial charge in [0.15, 0.2) is 0 Å². The molecule has 1 saturated carbocycles. The first-order valence-electron chi connectivity index (χ1n) is 5.51. The van der Waals surface area contributed by atoms with Crippen molar-refractivity contribution in [3.63, 3.8) is 0 Å². The van der Waals surface area contributed by atoms with Gasteiger partial charge in [0.1, 0.15) is 0 Å². The molecular weight excluding hydrogens is 156 g/mol. The van der Waals surface area contributed by atoms with Crippen molar-refractivity contribution in [1.82, 2.24) is 0 Å². The summed E-state index contributed by atoms with van der Waals surface area (Å²) in [5.74, 6) is 1.84. The Morgan fingerprint density at radius 3 is 2.69 bits per heavy atom. The van der Waals surface area contributed by atoms with Crippen LogP contribution in [0.25, 0.3) is 0 Å². The number of hydrogen-bond donors (Lipinski definition) is 0. The van der Waals surface area contributed by atoms with Gasteiger partial charge < -0.3 is 0 Å². The summed E-state index contributed by atoms with van der Waals surface area (Å²) in [5, 5.41) is 0.